The molecule has 1 N–H and O–H groups in total. The molecule has 5 heteroatoms. The van der Waals surface area contributed by atoms with Crippen molar-refractivity contribution in [1.82, 2.24) is 4.90 Å². The summed E-state index contributed by atoms with van der Waals surface area (Å²) in [5.41, 5.74) is 0. The molecule has 4 nitrogen and oxygen atoms in total. The molecule has 0 bridgehead atoms. The van der Waals surface area contributed by atoms with E-state index in [0.717, 1.165) is 31.7 Å². The highest BCUT2D eigenvalue weighted by Gasteiger charge is 2.08. The number of aliphatic carboxylic acids is 1. The quantitative estimate of drug-likeness (QED) is 0.706. The molecule has 23 heavy (non-hydrogen) atoms. The highest BCUT2D eigenvalue weighted by molar-refractivity contribution is 5.85. The van der Waals surface area contributed by atoms with Crippen LogP contribution in [0.2, 0.25) is 0 Å². The number of nitrogens with zero attached hydrogens (tertiary/aromatic N) is 1. The highest BCUT2D eigenvalue weighted by Crippen LogP contribution is 2.20. The zero-order valence-electron chi connectivity index (χ0n) is 13.4. The van der Waals surface area contributed by atoms with Gasteiger partial charge in [-0.2, -0.15) is 0 Å². The van der Waals surface area contributed by atoms with Crippen LogP contribution in [0.5, 0.6) is 5.75 Å². The molecule has 0 aliphatic heterocycles. The van der Waals surface area contributed by atoms with Crippen molar-refractivity contribution in [1.29, 1.82) is 0 Å². The Morgan fingerprint density at radius 1 is 1.13 bits per heavy atom. The van der Waals surface area contributed by atoms with Crippen LogP contribution in [0.15, 0.2) is 42.5 Å². The van der Waals surface area contributed by atoms with Crippen molar-refractivity contribution in [2.75, 3.05) is 26.2 Å². The maximum atomic E-state index is 10.8. The lowest BCUT2D eigenvalue weighted by molar-refractivity contribution is -0.138. The average molecular weight is 338 g/mol. The fraction of sp³-hybridized carbons (Fsp3) is 0.389. The van der Waals surface area contributed by atoms with E-state index in [1.165, 1.54) is 10.8 Å². The Kier molecular flexibility index (Phi) is 8.45. The molecule has 0 radical (unpaired) electrons. The summed E-state index contributed by atoms with van der Waals surface area (Å²) in [5.74, 6) is 0.0860. The topological polar surface area (TPSA) is 49.8 Å². The van der Waals surface area contributed by atoms with Crippen LogP contribution >= 0.6 is 12.4 Å². The van der Waals surface area contributed by atoms with Gasteiger partial charge in [0.25, 0.3) is 0 Å². The molecule has 0 amide bonds. The Labute approximate surface area is 143 Å². The van der Waals surface area contributed by atoms with Crippen LogP contribution in [0.1, 0.15) is 19.8 Å². The van der Waals surface area contributed by atoms with E-state index in [0.29, 0.717) is 6.61 Å². The lowest BCUT2D eigenvalue weighted by Gasteiger charge is -2.19. The number of hydrogen-bond acceptors (Lipinski definition) is 3. The minimum Gasteiger partial charge on any atom is -0.494 e. The summed E-state index contributed by atoms with van der Waals surface area (Å²) in [5, 5.41) is 11.2. The number of rotatable bonds is 9. The van der Waals surface area contributed by atoms with Crippen molar-refractivity contribution in [3.05, 3.63) is 42.5 Å². The van der Waals surface area contributed by atoms with E-state index in [2.05, 4.69) is 25.1 Å². The number of carboxylic acid groups (broad SMARTS) is 1. The number of fused-ring (bicyclic) bond motifs is 1. The second-order valence-electron chi connectivity index (χ2n) is 5.38. The minimum absolute atomic E-state index is 0. The van der Waals surface area contributed by atoms with Gasteiger partial charge in [0, 0.05) is 6.54 Å². The van der Waals surface area contributed by atoms with Crippen LogP contribution in [-0.2, 0) is 4.79 Å². The molecule has 0 aromatic heterocycles. The molecule has 0 saturated heterocycles. The highest BCUT2D eigenvalue weighted by atomic mass is 35.5. The Morgan fingerprint density at radius 2 is 1.87 bits per heavy atom. The van der Waals surface area contributed by atoms with Gasteiger partial charge in [0.15, 0.2) is 0 Å². The van der Waals surface area contributed by atoms with Crippen molar-refractivity contribution in [3.8, 4) is 5.75 Å². The van der Waals surface area contributed by atoms with Gasteiger partial charge in [0.2, 0.25) is 0 Å². The number of carbonyl (C=O) groups is 1. The van der Waals surface area contributed by atoms with Gasteiger partial charge in [-0.05, 0) is 42.3 Å². The van der Waals surface area contributed by atoms with Crippen molar-refractivity contribution in [2.24, 2.45) is 0 Å². The van der Waals surface area contributed by atoms with Crippen molar-refractivity contribution < 1.29 is 14.6 Å². The summed E-state index contributed by atoms with van der Waals surface area (Å²) in [6.45, 7) is 4.30. The third-order valence-corrected chi connectivity index (χ3v) is 3.51. The summed E-state index contributed by atoms with van der Waals surface area (Å²) < 4.78 is 5.77. The van der Waals surface area contributed by atoms with Gasteiger partial charge >= 0.3 is 5.97 Å². The predicted molar refractivity (Wildman–Crippen MR) is 95.7 cm³/mol. The van der Waals surface area contributed by atoms with Crippen LogP contribution < -0.4 is 4.74 Å². The van der Waals surface area contributed by atoms with E-state index in [4.69, 9.17) is 9.84 Å². The van der Waals surface area contributed by atoms with E-state index in [1.54, 1.807) is 0 Å². The summed E-state index contributed by atoms with van der Waals surface area (Å²) in [6, 6.07) is 14.2. The number of carboxylic acids is 1. The molecular formula is C18H24ClNO3. The molecule has 0 fully saturated rings. The molecule has 0 spiro atoms. The zero-order valence-corrected chi connectivity index (χ0v) is 14.2. The average Bonchev–Trinajstić information content (AvgIpc) is 2.51. The molecule has 0 aliphatic carbocycles. The van der Waals surface area contributed by atoms with Crippen molar-refractivity contribution >= 4 is 29.1 Å². The summed E-state index contributed by atoms with van der Waals surface area (Å²) >= 11 is 0. The van der Waals surface area contributed by atoms with Crippen LogP contribution in [0, 0.1) is 0 Å². The van der Waals surface area contributed by atoms with E-state index in [9.17, 15) is 4.79 Å². The normalized spacial score (nSPS) is 10.5. The van der Waals surface area contributed by atoms with Crippen LogP contribution in [0.3, 0.4) is 0 Å². The van der Waals surface area contributed by atoms with Gasteiger partial charge in [0.05, 0.1) is 13.2 Å². The Morgan fingerprint density at radius 3 is 2.57 bits per heavy atom. The molecule has 2 aromatic rings. The summed E-state index contributed by atoms with van der Waals surface area (Å²) in [7, 11) is 0. The Bertz CT molecular complexity index is 618. The van der Waals surface area contributed by atoms with Crippen LogP contribution in [0.25, 0.3) is 10.8 Å². The largest absolute Gasteiger partial charge is 0.494 e. The lowest BCUT2D eigenvalue weighted by Crippen LogP contribution is -2.32. The number of hydrogen-bond donors (Lipinski definition) is 1. The van der Waals surface area contributed by atoms with E-state index in [-0.39, 0.29) is 19.0 Å². The Balaban J connectivity index is 0.00000264. The van der Waals surface area contributed by atoms with E-state index >= 15 is 0 Å². The van der Waals surface area contributed by atoms with Crippen LogP contribution in [-0.4, -0.2) is 42.2 Å². The predicted octanol–water partition coefficient (Wildman–Crippen LogP) is 3.83. The SMILES string of the molecule is CCCN(CCCOc1ccc2ccccc2c1)CC(=O)O.Cl. The first kappa shape index (κ1) is 19.3. The summed E-state index contributed by atoms with van der Waals surface area (Å²) in [6.07, 6.45) is 1.78. The first-order valence-electron chi connectivity index (χ1n) is 7.75. The van der Waals surface area contributed by atoms with E-state index < -0.39 is 5.97 Å². The zero-order chi connectivity index (χ0) is 15.8. The molecule has 0 aliphatic rings. The standard InChI is InChI=1S/C18H23NO3.ClH/c1-2-10-19(14-18(20)21)11-5-12-22-17-9-8-15-6-3-4-7-16(15)13-17;/h3-4,6-9,13H,2,5,10-12,14H2,1H3,(H,20,21);1H. The lowest BCUT2D eigenvalue weighted by atomic mass is 10.1. The first-order valence-corrected chi connectivity index (χ1v) is 7.75. The molecule has 0 atom stereocenters. The van der Waals surface area contributed by atoms with Crippen LogP contribution in [0.4, 0.5) is 0 Å². The van der Waals surface area contributed by atoms with Gasteiger partial charge in [-0.3, -0.25) is 9.69 Å². The molecule has 0 saturated carbocycles. The molecular weight excluding hydrogens is 314 g/mol. The van der Waals surface area contributed by atoms with Gasteiger partial charge in [0.1, 0.15) is 5.75 Å². The third kappa shape index (κ3) is 6.47. The molecule has 126 valence electrons. The molecule has 2 aromatic carbocycles. The van der Waals surface area contributed by atoms with Gasteiger partial charge < -0.3 is 9.84 Å². The number of ether oxygens (including phenoxy) is 1. The van der Waals surface area contributed by atoms with Gasteiger partial charge in [-0.15, -0.1) is 12.4 Å². The smallest absolute Gasteiger partial charge is 0.317 e. The maximum Gasteiger partial charge on any atom is 0.317 e. The second kappa shape index (κ2) is 10.1. The third-order valence-electron chi connectivity index (χ3n) is 3.51. The second-order valence-corrected chi connectivity index (χ2v) is 5.38. The fourth-order valence-corrected chi connectivity index (χ4v) is 2.51. The van der Waals surface area contributed by atoms with Crippen molar-refractivity contribution in [3.63, 3.8) is 0 Å². The minimum atomic E-state index is -0.774. The monoisotopic (exact) mass is 337 g/mol. The van der Waals surface area contributed by atoms with Gasteiger partial charge in [-0.1, -0.05) is 37.3 Å². The molecule has 2 rings (SSSR count). The molecule has 0 heterocycles. The van der Waals surface area contributed by atoms with E-state index in [1.807, 2.05) is 29.2 Å². The summed E-state index contributed by atoms with van der Waals surface area (Å²) in [4.78, 5) is 12.7. The fourth-order valence-electron chi connectivity index (χ4n) is 2.51. The Hall–Kier alpha value is -1.78. The number of halogens is 1. The van der Waals surface area contributed by atoms with Gasteiger partial charge in [-0.25, -0.2) is 0 Å². The first-order chi connectivity index (χ1) is 10.7. The molecule has 0 unspecified atom stereocenters. The van der Waals surface area contributed by atoms with Crippen molar-refractivity contribution in [2.45, 2.75) is 19.8 Å². The maximum absolute atomic E-state index is 10.8. The number of benzene rings is 2.